The Morgan fingerprint density at radius 1 is 1.43 bits per heavy atom. The Hall–Kier alpha value is 0.350. The van der Waals surface area contributed by atoms with Gasteiger partial charge in [0.15, 0.2) is 0 Å². The number of fused-ring (bicyclic) bond motifs is 1. The topological polar surface area (TPSA) is 20.2 Å². The number of hydrogen-bond donors (Lipinski definition) is 1. The summed E-state index contributed by atoms with van der Waals surface area (Å²) in [5.74, 6) is 0. The van der Waals surface area contributed by atoms with Crippen LogP contribution in [0.15, 0.2) is 18.2 Å². The van der Waals surface area contributed by atoms with Crippen molar-refractivity contribution in [2.45, 2.75) is 11.9 Å². The summed E-state index contributed by atoms with van der Waals surface area (Å²) in [6.07, 6.45) is 0. The minimum Gasteiger partial charge on any atom is -0.392 e. The highest BCUT2D eigenvalue weighted by atomic mass is 127. The van der Waals surface area contributed by atoms with E-state index in [1.807, 2.05) is 0 Å². The van der Waals surface area contributed by atoms with Gasteiger partial charge < -0.3 is 5.11 Å². The van der Waals surface area contributed by atoms with E-state index >= 15 is 0 Å². The van der Waals surface area contributed by atoms with Crippen LogP contribution in [0.1, 0.15) is 10.4 Å². The number of halogens is 2. The maximum atomic E-state index is 9.29. The molecule has 1 nitrogen and oxygen atoms in total. The summed E-state index contributed by atoms with van der Waals surface area (Å²) >= 11 is 7.48. The maximum absolute atomic E-state index is 9.29. The molecule has 4 heteroatoms. The van der Waals surface area contributed by atoms with Crippen molar-refractivity contribution < 1.29 is 5.11 Å². The summed E-state index contributed by atoms with van der Waals surface area (Å²) in [6.45, 7) is 0.119. The Morgan fingerprint density at radius 3 is 2.86 bits per heavy atom. The third-order valence-corrected chi connectivity index (χ3v) is 5.18. The lowest BCUT2D eigenvalue weighted by atomic mass is 10.1. The van der Waals surface area contributed by atoms with Gasteiger partial charge in [0.2, 0.25) is 0 Å². The molecule has 0 aliphatic carbocycles. The van der Waals surface area contributed by atoms with Gasteiger partial charge in [0.25, 0.3) is 0 Å². The van der Waals surface area contributed by atoms with Gasteiger partial charge >= 0.3 is 0 Å². The van der Waals surface area contributed by atoms with Gasteiger partial charge in [-0.05, 0) is 51.7 Å². The molecule has 0 atom stereocenters. The van der Waals surface area contributed by atoms with Gasteiger partial charge in [-0.3, -0.25) is 0 Å². The van der Waals surface area contributed by atoms with Crippen LogP contribution in [0.3, 0.4) is 0 Å². The highest BCUT2D eigenvalue weighted by Crippen LogP contribution is 2.32. The molecule has 0 spiro atoms. The lowest BCUT2D eigenvalue weighted by molar-refractivity contribution is 0.282. The molecule has 0 aliphatic heterocycles. The first-order chi connectivity index (χ1) is 6.76. The summed E-state index contributed by atoms with van der Waals surface area (Å²) in [6, 6.07) is 6.33. The number of thiophene rings is 1. The second-order valence-corrected chi connectivity index (χ2v) is 5.83. The van der Waals surface area contributed by atoms with Crippen LogP contribution in [-0.4, -0.2) is 5.11 Å². The summed E-state index contributed by atoms with van der Waals surface area (Å²) in [5, 5.41) is 11.4. The van der Waals surface area contributed by atoms with Gasteiger partial charge in [-0.1, -0.05) is 15.9 Å². The van der Waals surface area contributed by atoms with Crippen LogP contribution in [0.4, 0.5) is 0 Å². The molecule has 0 bridgehead atoms. The summed E-state index contributed by atoms with van der Waals surface area (Å²) in [7, 11) is 0. The van der Waals surface area contributed by atoms with Crippen molar-refractivity contribution in [3.8, 4) is 0 Å². The first-order valence-corrected chi connectivity index (χ1v) is 7.14. The Kier molecular flexibility index (Phi) is 3.46. The van der Waals surface area contributed by atoms with Crippen LogP contribution in [0, 0.1) is 3.57 Å². The molecule has 2 aromatic rings. The molecule has 0 radical (unpaired) electrons. The van der Waals surface area contributed by atoms with Gasteiger partial charge in [0, 0.05) is 18.5 Å². The minimum atomic E-state index is 0.119. The molecule has 1 N–H and O–H groups in total. The predicted molar refractivity (Wildman–Crippen MR) is 73.1 cm³/mol. The Bertz CT molecular complexity index is 466. The highest BCUT2D eigenvalue weighted by Gasteiger charge is 2.08. The molecule has 14 heavy (non-hydrogen) atoms. The normalized spacial score (nSPS) is 11.1. The Balaban J connectivity index is 2.73. The zero-order valence-electron chi connectivity index (χ0n) is 7.26. The quantitative estimate of drug-likeness (QED) is 0.617. The minimum absolute atomic E-state index is 0.119. The number of hydrogen-bond acceptors (Lipinski definition) is 2. The maximum Gasteiger partial charge on any atom is 0.0698 e. The SMILES string of the molecule is OCc1c(I)ccc2sc(CBr)cc12. The lowest BCUT2D eigenvalue weighted by Gasteiger charge is -2.01. The van der Waals surface area contributed by atoms with Crippen molar-refractivity contribution in [1.29, 1.82) is 0 Å². The second kappa shape index (κ2) is 4.47. The fourth-order valence-corrected chi connectivity index (χ4v) is 3.51. The number of alkyl halides is 1. The van der Waals surface area contributed by atoms with E-state index in [2.05, 4.69) is 56.7 Å². The number of rotatable bonds is 2. The van der Waals surface area contributed by atoms with Crippen molar-refractivity contribution in [3.63, 3.8) is 0 Å². The first kappa shape index (κ1) is 10.9. The Morgan fingerprint density at radius 2 is 2.21 bits per heavy atom. The van der Waals surface area contributed by atoms with Gasteiger partial charge in [-0.2, -0.15) is 0 Å². The summed E-state index contributed by atoms with van der Waals surface area (Å²) in [4.78, 5) is 1.30. The van der Waals surface area contributed by atoms with E-state index in [4.69, 9.17) is 0 Å². The van der Waals surface area contributed by atoms with Crippen LogP contribution in [-0.2, 0) is 11.9 Å². The molecule has 0 unspecified atom stereocenters. The average Bonchev–Trinajstić information content (AvgIpc) is 2.60. The van der Waals surface area contributed by atoms with E-state index in [9.17, 15) is 5.11 Å². The Labute approximate surface area is 108 Å². The van der Waals surface area contributed by atoms with Crippen molar-refractivity contribution in [2.75, 3.05) is 0 Å². The fraction of sp³-hybridized carbons (Fsp3) is 0.200. The van der Waals surface area contributed by atoms with Crippen LogP contribution >= 0.6 is 49.9 Å². The van der Waals surface area contributed by atoms with E-state index in [-0.39, 0.29) is 6.61 Å². The zero-order valence-corrected chi connectivity index (χ0v) is 11.8. The third kappa shape index (κ3) is 1.85. The largest absolute Gasteiger partial charge is 0.392 e. The monoisotopic (exact) mass is 382 g/mol. The molecule has 0 saturated heterocycles. The number of aliphatic hydroxyl groups excluding tert-OH is 1. The standard InChI is InChI=1S/C10H8BrIOS/c11-4-6-3-7-8(5-13)9(12)1-2-10(7)14-6/h1-3,13H,4-5H2. The molecule has 0 saturated carbocycles. The number of aliphatic hydroxyl groups is 1. The van der Waals surface area contributed by atoms with Crippen LogP contribution in [0.2, 0.25) is 0 Å². The second-order valence-electron chi connectivity index (χ2n) is 2.94. The summed E-state index contributed by atoms with van der Waals surface area (Å²) < 4.78 is 2.39. The lowest BCUT2D eigenvalue weighted by Crippen LogP contribution is -1.87. The van der Waals surface area contributed by atoms with E-state index < -0.39 is 0 Å². The molecule has 0 fully saturated rings. The number of benzene rings is 1. The van der Waals surface area contributed by atoms with E-state index in [1.165, 1.54) is 15.0 Å². The summed E-state index contributed by atoms with van der Waals surface area (Å²) in [5.41, 5.74) is 1.05. The molecule has 1 heterocycles. The van der Waals surface area contributed by atoms with Gasteiger partial charge in [0.05, 0.1) is 6.61 Å². The molecule has 0 amide bonds. The average molecular weight is 383 g/mol. The molecular formula is C10H8BrIOS. The third-order valence-electron chi connectivity index (χ3n) is 2.10. The molecule has 2 rings (SSSR count). The van der Waals surface area contributed by atoms with Crippen molar-refractivity contribution in [1.82, 2.24) is 0 Å². The molecule has 1 aromatic heterocycles. The van der Waals surface area contributed by atoms with Crippen LogP contribution < -0.4 is 0 Å². The van der Waals surface area contributed by atoms with Crippen molar-refractivity contribution in [3.05, 3.63) is 32.2 Å². The molecule has 0 aliphatic rings. The molecule has 74 valence electrons. The smallest absolute Gasteiger partial charge is 0.0698 e. The van der Waals surface area contributed by atoms with Crippen molar-refractivity contribution >= 4 is 59.9 Å². The van der Waals surface area contributed by atoms with E-state index in [1.54, 1.807) is 11.3 Å². The van der Waals surface area contributed by atoms with Crippen molar-refractivity contribution in [2.24, 2.45) is 0 Å². The zero-order chi connectivity index (χ0) is 10.1. The molecular weight excluding hydrogens is 375 g/mol. The van der Waals surface area contributed by atoms with Crippen LogP contribution in [0.5, 0.6) is 0 Å². The van der Waals surface area contributed by atoms with Gasteiger partial charge in [-0.25, -0.2) is 0 Å². The fourth-order valence-electron chi connectivity index (χ4n) is 1.42. The first-order valence-electron chi connectivity index (χ1n) is 4.13. The van der Waals surface area contributed by atoms with E-state index in [0.29, 0.717) is 0 Å². The van der Waals surface area contributed by atoms with E-state index in [0.717, 1.165) is 14.5 Å². The van der Waals surface area contributed by atoms with Gasteiger partial charge in [0.1, 0.15) is 0 Å². The van der Waals surface area contributed by atoms with Crippen LogP contribution in [0.25, 0.3) is 10.1 Å². The van der Waals surface area contributed by atoms with Gasteiger partial charge in [-0.15, -0.1) is 11.3 Å². The molecule has 1 aromatic carbocycles. The highest BCUT2D eigenvalue weighted by molar-refractivity contribution is 14.1. The predicted octanol–water partition coefficient (Wildman–Crippen LogP) is 3.89.